The normalized spacial score (nSPS) is 12.1. The highest BCUT2D eigenvalue weighted by Crippen LogP contribution is 2.24. The molecule has 0 radical (unpaired) electrons. The first-order valence-corrected chi connectivity index (χ1v) is 7.56. The second-order valence-electron chi connectivity index (χ2n) is 3.96. The molecule has 3 aromatic rings. The third-order valence-corrected chi connectivity index (χ3v) is 5.61. The lowest BCUT2D eigenvalue weighted by molar-refractivity contribution is -0.00000329. The number of halogens is 2. The smallest absolute Gasteiger partial charge is 0.320 e. The van der Waals surface area contributed by atoms with Crippen molar-refractivity contribution < 1.29 is 24.0 Å². The van der Waals surface area contributed by atoms with E-state index in [1.807, 2.05) is 18.2 Å². The van der Waals surface area contributed by atoms with Crippen LogP contribution >= 0.6 is 34.3 Å². The Hall–Kier alpha value is -0.430. The molecular weight excluding hydrogens is 409 g/mol. The molecule has 0 amide bonds. The van der Waals surface area contributed by atoms with Gasteiger partial charge in [-0.15, -0.1) is 0 Å². The lowest BCUT2D eigenvalue weighted by atomic mass is 10.3. The fourth-order valence-corrected chi connectivity index (χ4v) is 4.45. The fourth-order valence-electron chi connectivity index (χ4n) is 1.75. The van der Waals surface area contributed by atoms with Crippen LogP contribution in [0.5, 0.6) is 0 Å². The van der Waals surface area contributed by atoms with Crippen LogP contribution in [0.1, 0.15) is 0 Å². The van der Waals surface area contributed by atoms with E-state index >= 15 is 0 Å². The van der Waals surface area contributed by atoms with Gasteiger partial charge in [0.2, 0.25) is 5.69 Å². The van der Waals surface area contributed by atoms with E-state index in [-0.39, 0.29) is 24.0 Å². The Bertz CT molecular complexity index is 762. The average molecular weight is 420 g/mol. The van der Waals surface area contributed by atoms with E-state index in [4.69, 9.17) is 11.6 Å². The van der Waals surface area contributed by atoms with Crippen LogP contribution in [0.25, 0.3) is 9.40 Å². The zero-order valence-corrected chi connectivity index (χ0v) is 14.7. The molecule has 0 N–H and O–H groups in total. The molecule has 2 aromatic carbocycles. The summed E-state index contributed by atoms with van der Waals surface area (Å²) in [7, 11) is 2.10. The molecule has 1 heterocycles. The lowest BCUT2D eigenvalue weighted by Gasteiger charge is -1.91. The number of hydrogen-bond donors (Lipinski definition) is 0. The zero-order valence-electron chi connectivity index (χ0n) is 10.1. The van der Waals surface area contributed by atoms with Crippen LogP contribution in [0.15, 0.2) is 48.5 Å². The molecule has 0 aliphatic rings. The molecule has 0 bridgehead atoms. The van der Waals surface area contributed by atoms with Gasteiger partial charge in [-0.3, -0.25) is 0 Å². The third-order valence-electron chi connectivity index (χ3n) is 2.72. The molecule has 3 rings (SSSR count). The van der Waals surface area contributed by atoms with E-state index < -0.39 is 0 Å². The molecule has 0 saturated carbocycles. The summed E-state index contributed by atoms with van der Waals surface area (Å²) in [5.41, 5.74) is 1.20. The maximum atomic E-state index is 6.02. The summed E-state index contributed by atoms with van der Waals surface area (Å²) in [5.74, 6) is 0. The maximum absolute atomic E-state index is 6.02. The van der Waals surface area contributed by atoms with Crippen LogP contribution in [-0.2, 0) is 0 Å². The van der Waals surface area contributed by atoms with Crippen molar-refractivity contribution in [2.45, 2.75) is 0 Å². The molecule has 98 valence electrons. The van der Waals surface area contributed by atoms with E-state index in [9.17, 15) is 0 Å². The SMILES string of the molecule is C/[N+](c1ccccc1)=c1/sc2ccc(Cl)cc2s1.[I-]. The van der Waals surface area contributed by atoms with Gasteiger partial charge in [-0.25, -0.2) is 0 Å². The third kappa shape index (κ3) is 3.18. The topological polar surface area (TPSA) is 3.01 Å². The minimum absolute atomic E-state index is 0. The van der Waals surface area contributed by atoms with E-state index in [2.05, 4.69) is 42.0 Å². The van der Waals surface area contributed by atoms with Crippen molar-refractivity contribution >= 4 is 49.4 Å². The minimum Gasteiger partial charge on any atom is -1.00 e. The molecule has 1 aromatic heterocycles. The Kier molecular flexibility index (Phi) is 5.00. The second kappa shape index (κ2) is 6.35. The van der Waals surface area contributed by atoms with Gasteiger partial charge in [-0.1, -0.05) is 52.5 Å². The number of hydrogen-bond acceptors (Lipinski definition) is 2. The molecule has 0 aliphatic carbocycles. The van der Waals surface area contributed by atoms with Crippen LogP contribution < -0.4 is 32.5 Å². The summed E-state index contributed by atoms with van der Waals surface area (Å²) in [6.07, 6.45) is 0. The van der Waals surface area contributed by atoms with Gasteiger partial charge in [0.25, 0.3) is 0 Å². The molecule has 19 heavy (non-hydrogen) atoms. The Balaban J connectivity index is 0.00000133. The molecule has 0 atom stereocenters. The van der Waals surface area contributed by atoms with Crippen LogP contribution in [0.4, 0.5) is 5.69 Å². The first kappa shape index (κ1) is 15.0. The van der Waals surface area contributed by atoms with Crippen LogP contribution in [-0.4, -0.2) is 7.05 Å². The molecule has 0 spiro atoms. The number of para-hydroxylation sites is 1. The van der Waals surface area contributed by atoms with Crippen LogP contribution in [0.3, 0.4) is 0 Å². The number of fused-ring (bicyclic) bond motifs is 1. The van der Waals surface area contributed by atoms with Gasteiger partial charge in [0.1, 0.15) is 7.05 Å². The predicted octanol–water partition coefficient (Wildman–Crippen LogP) is 1.35. The summed E-state index contributed by atoms with van der Waals surface area (Å²) in [5, 5.41) is 0.797. The van der Waals surface area contributed by atoms with Gasteiger partial charge < -0.3 is 24.0 Å². The highest BCUT2D eigenvalue weighted by molar-refractivity contribution is 7.35. The molecule has 0 saturated heterocycles. The van der Waals surface area contributed by atoms with Crippen molar-refractivity contribution in [3.63, 3.8) is 0 Å². The summed E-state index contributed by atoms with van der Waals surface area (Å²) >= 11 is 9.59. The molecule has 0 fully saturated rings. The predicted molar refractivity (Wildman–Crippen MR) is 82.0 cm³/mol. The van der Waals surface area contributed by atoms with E-state index in [1.54, 1.807) is 22.7 Å². The number of benzene rings is 2. The molecule has 0 unspecified atom stereocenters. The summed E-state index contributed by atoms with van der Waals surface area (Å²) in [4.78, 5) is 0. The first-order valence-electron chi connectivity index (χ1n) is 5.55. The fraction of sp³-hybridized carbons (Fsp3) is 0.0714. The van der Waals surface area contributed by atoms with Gasteiger partial charge in [-0.05, 0) is 18.2 Å². The van der Waals surface area contributed by atoms with Crippen LogP contribution in [0.2, 0.25) is 5.02 Å². The van der Waals surface area contributed by atoms with Gasteiger partial charge in [0.15, 0.2) is 0 Å². The first-order chi connectivity index (χ1) is 8.74. The molecule has 5 heteroatoms. The highest BCUT2D eigenvalue weighted by Gasteiger charge is 2.08. The van der Waals surface area contributed by atoms with Crippen molar-refractivity contribution in [2.24, 2.45) is 0 Å². The number of rotatable bonds is 1. The van der Waals surface area contributed by atoms with Crippen molar-refractivity contribution in [3.8, 4) is 0 Å². The minimum atomic E-state index is 0. The Labute approximate surface area is 141 Å². The van der Waals surface area contributed by atoms with Crippen molar-refractivity contribution in [2.75, 3.05) is 7.05 Å². The molecule has 0 aliphatic heterocycles. The van der Waals surface area contributed by atoms with Crippen molar-refractivity contribution in [1.82, 2.24) is 4.58 Å². The van der Waals surface area contributed by atoms with Gasteiger partial charge >= 0.3 is 3.98 Å². The molecule has 1 nitrogen and oxygen atoms in total. The maximum Gasteiger partial charge on any atom is 0.320 e. The van der Waals surface area contributed by atoms with E-state index in [0.717, 1.165) is 5.02 Å². The van der Waals surface area contributed by atoms with Crippen LogP contribution in [0, 0.1) is 0 Å². The van der Waals surface area contributed by atoms with Gasteiger partial charge in [0.05, 0.1) is 9.40 Å². The number of nitrogens with zero attached hydrogens (tertiary/aromatic N) is 1. The van der Waals surface area contributed by atoms with Gasteiger partial charge in [0, 0.05) is 17.2 Å². The average Bonchev–Trinajstić information content (AvgIpc) is 2.81. The van der Waals surface area contributed by atoms with E-state index in [1.165, 1.54) is 19.1 Å². The quantitative estimate of drug-likeness (QED) is 0.414. The van der Waals surface area contributed by atoms with Gasteiger partial charge in [-0.2, -0.15) is 4.58 Å². The van der Waals surface area contributed by atoms with Crippen molar-refractivity contribution in [1.29, 1.82) is 0 Å². The summed E-state index contributed by atoms with van der Waals surface area (Å²) < 4.78 is 5.99. The summed E-state index contributed by atoms with van der Waals surface area (Å²) in [6.45, 7) is 0. The monoisotopic (exact) mass is 419 g/mol. The largest absolute Gasteiger partial charge is 1.00 e. The standard InChI is InChI=1S/C14H11ClNS2.HI/c1-16(11-5-3-2-4-6-11)14-17-12-8-7-10(15)9-13(12)18-14;/h2-9H,1H3;1H/q+1;/p-1/b16-14+;. The van der Waals surface area contributed by atoms with Crippen molar-refractivity contribution in [3.05, 3.63) is 57.5 Å². The van der Waals surface area contributed by atoms with E-state index in [0.29, 0.717) is 0 Å². The summed E-state index contributed by atoms with van der Waals surface area (Å²) in [6, 6.07) is 16.4. The molecular formula is C14H11ClINS2. The Morgan fingerprint density at radius 2 is 1.63 bits per heavy atom. The highest BCUT2D eigenvalue weighted by atomic mass is 127. The Morgan fingerprint density at radius 1 is 0.947 bits per heavy atom. The second-order valence-corrected chi connectivity index (χ2v) is 6.71. The zero-order chi connectivity index (χ0) is 12.5. The lowest BCUT2D eigenvalue weighted by Crippen LogP contribution is -3.00. The Morgan fingerprint density at radius 3 is 2.37 bits per heavy atom.